The van der Waals surface area contributed by atoms with E-state index in [1.54, 1.807) is 30.7 Å². The van der Waals surface area contributed by atoms with Crippen LogP contribution in [0.1, 0.15) is 35.1 Å². The van der Waals surface area contributed by atoms with Gasteiger partial charge in [-0.05, 0) is 49.6 Å². The summed E-state index contributed by atoms with van der Waals surface area (Å²) in [6, 6.07) is 9.50. The first-order valence-electron chi connectivity index (χ1n) is 9.53. The van der Waals surface area contributed by atoms with Crippen LogP contribution < -0.4 is 5.32 Å². The fourth-order valence-electron chi connectivity index (χ4n) is 3.26. The summed E-state index contributed by atoms with van der Waals surface area (Å²) in [5, 5.41) is 3.26. The molecule has 3 aromatic heterocycles. The average Bonchev–Trinajstić information content (AvgIpc) is 2.68. The Hall–Kier alpha value is -3.61. The van der Waals surface area contributed by atoms with Gasteiger partial charge < -0.3 is 10.2 Å². The van der Waals surface area contributed by atoms with E-state index < -0.39 is 0 Å². The lowest BCUT2D eigenvalue weighted by atomic mass is 9.98. The molecule has 7 heteroatoms. The van der Waals surface area contributed by atoms with Crippen molar-refractivity contribution >= 4 is 23.6 Å². The molecule has 1 unspecified atom stereocenters. The lowest BCUT2D eigenvalue weighted by Crippen LogP contribution is -2.44. The van der Waals surface area contributed by atoms with Crippen LogP contribution >= 0.6 is 0 Å². The lowest BCUT2D eigenvalue weighted by molar-refractivity contribution is -0.133. The van der Waals surface area contributed by atoms with Gasteiger partial charge in [-0.3, -0.25) is 9.78 Å². The van der Waals surface area contributed by atoms with Crippen LogP contribution in [0.5, 0.6) is 0 Å². The molecule has 1 saturated heterocycles. The summed E-state index contributed by atoms with van der Waals surface area (Å²) in [6.07, 6.45) is 9.43. The van der Waals surface area contributed by atoms with E-state index in [4.69, 9.17) is 0 Å². The Labute approximate surface area is 169 Å². The highest BCUT2D eigenvalue weighted by atomic mass is 16.2. The summed E-state index contributed by atoms with van der Waals surface area (Å²) < 4.78 is 0. The zero-order chi connectivity index (χ0) is 20.2. The monoisotopic (exact) mass is 386 g/mol. The Morgan fingerprint density at radius 1 is 1.21 bits per heavy atom. The van der Waals surface area contributed by atoms with Crippen LogP contribution in [0.4, 0.5) is 11.6 Å². The van der Waals surface area contributed by atoms with Crippen molar-refractivity contribution in [2.24, 2.45) is 0 Å². The molecule has 0 bridgehead atoms. The number of amides is 1. The summed E-state index contributed by atoms with van der Waals surface area (Å²) in [6.45, 7) is 4.56. The molecule has 4 heterocycles. The highest BCUT2D eigenvalue weighted by Crippen LogP contribution is 2.33. The van der Waals surface area contributed by atoms with Crippen molar-refractivity contribution < 1.29 is 4.79 Å². The Bertz CT molecular complexity index is 1050. The van der Waals surface area contributed by atoms with Crippen molar-refractivity contribution in [2.75, 3.05) is 11.9 Å². The fourth-order valence-corrected chi connectivity index (χ4v) is 3.26. The molecule has 1 amide bonds. The molecule has 7 nitrogen and oxygen atoms in total. The number of nitrogens with zero attached hydrogens (tertiary/aromatic N) is 5. The number of aryl methyl sites for hydroxylation is 2. The zero-order valence-electron chi connectivity index (χ0n) is 16.4. The topological polar surface area (TPSA) is 83.9 Å². The van der Waals surface area contributed by atoms with Crippen LogP contribution in [0, 0.1) is 13.8 Å². The molecule has 146 valence electrons. The fraction of sp³-hybridized carbons (Fsp3) is 0.227. The molecule has 0 saturated carbocycles. The van der Waals surface area contributed by atoms with E-state index in [2.05, 4.69) is 25.3 Å². The number of carbonyl (C=O) groups is 1. The maximum atomic E-state index is 12.6. The van der Waals surface area contributed by atoms with Gasteiger partial charge in [-0.15, -0.1) is 0 Å². The Morgan fingerprint density at radius 2 is 2.07 bits per heavy atom. The van der Waals surface area contributed by atoms with Crippen molar-refractivity contribution in [1.82, 2.24) is 24.8 Å². The second kappa shape index (κ2) is 8.18. The van der Waals surface area contributed by atoms with Crippen LogP contribution in [-0.2, 0) is 4.79 Å². The van der Waals surface area contributed by atoms with Gasteiger partial charge in [0.2, 0.25) is 5.91 Å². The molecule has 1 N–H and O–H groups in total. The number of anilines is 2. The summed E-state index contributed by atoms with van der Waals surface area (Å²) in [7, 11) is 0. The lowest BCUT2D eigenvalue weighted by Gasteiger charge is -2.40. The van der Waals surface area contributed by atoms with Crippen molar-refractivity contribution in [3.05, 3.63) is 77.6 Å². The van der Waals surface area contributed by atoms with Gasteiger partial charge in [0.15, 0.2) is 0 Å². The second-order valence-corrected chi connectivity index (χ2v) is 6.97. The van der Waals surface area contributed by atoms with Crippen LogP contribution in [-0.4, -0.2) is 37.3 Å². The van der Waals surface area contributed by atoms with Gasteiger partial charge in [0.05, 0.1) is 11.7 Å². The molecule has 3 aromatic rings. The largest absolute Gasteiger partial charge is 0.330 e. The second-order valence-electron chi connectivity index (χ2n) is 6.97. The first-order valence-corrected chi connectivity index (χ1v) is 9.53. The minimum absolute atomic E-state index is 0.0311. The Balaban J connectivity index is 1.51. The molecule has 0 aliphatic carbocycles. The highest BCUT2D eigenvalue weighted by Gasteiger charge is 2.33. The molecular weight excluding hydrogens is 364 g/mol. The number of likely N-dealkylation sites (tertiary alicyclic amines) is 1. The molecule has 0 aromatic carbocycles. The number of pyridine rings is 2. The Kier molecular flexibility index (Phi) is 5.29. The summed E-state index contributed by atoms with van der Waals surface area (Å²) in [4.78, 5) is 31.9. The van der Waals surface area contributed by atoms with E-state index in [1.807, 2.05) is 49.1 Å². The number of carbonyl (C=O) groups excluding carboxylic acids is 1. The zero-order valence-corrected chi connectivity index (χ0v) is 16.4. The van der Waals surface area contributed by atoms with Crippen molar-refractivity contribution in [3.63, 3.8) is 0 Å². The molecular formula is C22H22N6O. The van der Waals surface area contributed by atoms with Gasteiger partial charge in [-0.1, -0.05) is 12.1 Å². The third-order valence-corrected chi connectivity index (χ3v) is 4.86. The SMILES string of the molecule is Cc1nc(Nc2ncccc2C)cc(C2CCN2C(=O)/C=C/c2cccnc2)n1. The molecule has 1 fully saturated rings. The molecule has 0 spiro atoms. The van der Waals surface area contributed by atoms with Gasteiger partial charge >= 0.3 is 0 Å². The molecule has 1 aliphatic rings. The molecule has 4 rings (SSSR count). The minimum atomic E-state index is -0.0480. The van der Waals surface area contributed by atoms with Gasteiger partial charge in [0, 0.05) is 37.3 Å². The third-order valence-electron chi connectivity index (χ3n) is 4.86. The van der Waals surface area contributed by atoms with Gasteiger partial charge in [-0.2, -0.15) is 0 Å². The first-order chi connectivity index (χ1) is 14.1. The molecule has 1 aliphatic heterocycles. The van der Waals surface area contributed by atoms with E-state index in [1.165, 1.54) is 0 Å². The maximum absolute atomic E-state index is 12.6. The van der Waals surface area contributed by atoms with E-state index in [9.17, 15) is 4.79 Å². The minimum Gasteiger partial charge on any atom is -0.330 e. The first kappa shape index (κ1) is 18.7. The van der Waals surface area contributed by atoms with E-state index in [0.717, 1.165) is 29.1 Å². The maximum Gasteiger partial charge on any atom is 0.247 e. The predicted molar refractivity (Wildman–Crippen MR) is 111 cm³/mol. The van der Waals surface area contributed by atoms with Crippen molar-refractivity contribution in [3.8, 4) is 0 Å². The summed E-state index contributed by atoms with van der Waals surface area (Å²) in [5.74, 6) is 2.07. The van der Waals surface area contributed by atoms with Gasteiger partial charge in [0.25, 0.3) is 0 Å². The Morgan fingerprint density at radius 3 is 2.79 bits per heavy atom. The van der Waals surface area contributed by atoms with E-state index in [0.29, 0.717) is 18.2 Å². The van der Waals surface area contributed by atoms with Gasteiger partial charge in [0.1, 0.15) is 17.5 Å². The molecule has 0 radical (unpaired) electrons. The van der Waals surface area contributed by atoms with E-state index >= 15 is 0 Å². The standard InChI is InChI=1S/C22H22N6O/c1-15-5-3-11-24-22(15)27-20-13-18(25-16(2)26-20)19-9-12-28(19)21(29)8-7-17-6-4-10-23-14-17/h3-8,10-11,13-14,19H,9,12H2,1-2H3,(H,24,25,26,27)/b8-7+. The predicted octanol–water partition coefficient (Wildman–Crippen LogP) is 3.61. The smallest absolute Gasteiger partial charge is 0.247 e. The van der Waals surface area contributed by atoms with Crippen LogP contribution in [0.3, 0.4) is 0 Å². The van der Waals surface area contributed by atoms with Crippen molar-refractivity contribution in [1.29, 1.82) is 0 Å². The van der Waals surface area contributed by atoms with Crippen molar-refractivity contribution in [2.45, 2.75) is 26.3 Å². The number of hydrogen-bond donors (Lipinski definition) is 1. The van der Waals surface area contributed by atoms with Crippen LogP contribution in [0.25, 0.3) is 6.08 Å². The average molecular weight is 386 g/mol. The third kappa shape index (κ3) is 4.29. The normalized spacial score (nSPS) is 15.9. The van der Waals surface area contributed by atoms with Crippen LogP contribution in [0.15, 0.2) is 55.0 Å². The highest BCUT2D eigenvalue weighted by molar-refractivity contribution is 5.92. The van der Waals surface area contributed by atoms with E-state index in [-0.39, 0.29) is 11.9 Å². The number of rotatable bonds is 5. The van der Waals surface area contributed by atoms with Gasteiger partial charge in [-0.25, -0.2) is 15.0 Å². The quantitative estimate of drug-likeness (QED) is 0.675. The number of aromatic nitrogens is 4. The summed E-state index contributed by atoms with van der Waals surface area (Å²) in [5.41, 5.74) is 2.77. The summed E-state index contributed by atoms with van der Waals surface area (Å²) >= 11 is 0. The molecule has 1 atom stereocenters. The number of hydrogen-bond acceptors (Lipinski definition) is 6. The molecule has 29 heavy (non-hydrogen) atoms. The number of nitrogens with one attached hydrogen (secondary N) is 1. The van der Waals surface area contributed by atoms with Crippen LogP contribution in [0.2, 0.25) is 0 Å².